The Morgan fingerprint density at radius 2 is 1.97 bits per heavy atom. The second-order valence-corrected chi connectivity index (χ2v) is 8.30. The lowest BCUT2D eigenvalue weighted by Gasteiger charge is -2.32. The van der Waals surface area contributed by atoms with E-state index in [1.54, 1.807) is 66.7 Å². The Hall–Kier alpha value is -4.18. The summed E-state index contributed by atoms with van der Waals surface area (Å²) in [5.41, 5.74) is 3.36. The molecule has 2 aromatic carbocycles. The summed E-state index contributed by atoms with van der Waals surface area (Å²) in [6.07, 6.45) is 2.01. The first-order valence-corrected chi connectivity index (χ1v) is 11.3. The molecule has 0 spiro atoms. The van der Waals surface area contributed by atoms with Crippen molar-refractivity contribution >= 4 is 29.3 Å². The van der Waals surface area contributed by atoms with Gasteiger partial charge in [-0.2, -0.15) is 4.98 Å². The first-order chi connectivity index (χ1) is 17.0. The normalized spacial score (nSPS) is 14.9. The van der Waals surface area contributed by atoms with Gasteiger partial charge in [0.15, 0.2) is 0 Å². The van der Waals surface area contributed by atoms with Crippen molar-refractivity contribution in [2.24, 2.45) is 0 Å². The highest BCUT2D eigenvalue weighted by Crippen LogP contribution is 2.33. The number of ether oxygens (including phenoxy) is 1. The van der Waals surface area contributed by atoms with Gasteiger partial charge in [-0.1, -0.05) is 16.8 Å². The number of hydrogen-bond donors (Lipinski definition) is 2. The third-order valence-electron chi connectivity index (χ3n) is 5.64. The Balaban J connectivity index is 1.38. The van der Waals surface area contributed by atoms with Crippen molar-refractivity contribution in [3.05, 3.63) is 82.7 Å². The van der Waals surface area contributed by atoms with Crippen molar-refractivity contribution in [1.82, 2.24) is 25.0 Å². The minimum absolute atomic E-state index is 0.283. The standard InChI is InChI=1S/C24H21ClN6O4/c1-2-34-23(32)15-5-9-17(10-6-15)28-24(33)31-12-19-18(26-13-27-19)11-20(31)22-29-21(30-35-22)14-3-7-16(25)8-4-14/h3-10,13,20H,2,11-12H2,1H3,(H,26,27)(H,28,33). The summed E-state index contributed by atoms with van der Waals surface area (Å²) in [6.45, 7) is 2.32. The molecule has 1 aliphatic heterocycles. The quantitative estimate of drug-likeness (QED) is 0.389. The molecule has 1 aliphatic rings. The number of rotatable bonds is 5. The number of halogens is 1. The third-order valence-corrected chi connectivity index (χ3v) is 5.89. The van der Waals surface area contributed by atoms with Gasteiger partial charge in [0.05, 0.1) is 36.4 Å². The second kappa shape index (κ2) is 9.59. The Kier molecular flexibility index (Phi) is 6.19. The Labute approximate surface area is 205 Å². The lowest BCUT2D eigenvalue weighted by molar-refractivity contribution is 0.0526. The van der Waals surface area contributed by atoms with E-state index in [-0.39, 0.29) is 12.6 Å². The molecule has 0 fully saturated rings. The molecule has 1 atom stereocenters. The highest BCUT2D eigenvalue weighted by molar-refractivity contribution is 6.30. The average molecular weight is 493 g/mol. The molecule has 0 saturated heterocycles. The number of carbonyl (C=O) groups excluding carboxylic acids is 2. The Morgan fingerprint density at radius 3 is 2.71 bits per heavy atom. The number of aromatic nitrogens is 4. The Bertz CT molecular complexity index is 1350. The molecule has 35 heavy (non-hydrogen) atoms. The number of nitrogens with one attached hydrogen (secondary N) is 2. The molecular weight excluding hydrogens is 472 g/mol. The van der Waals surface area contributed by atoms with Crippen molar-refractivity contribution < 1.29 is 18.8 Å². The number of nitrogens with zero attached hydrogens (tertiary/aromatic N) is 4. The smallest absolute Gasteiger partial charge is 0.338 e. The Morgan fingerprint density at radius 1 is 1.20 bits per heavy atom. The first kappa shape index (κ1) is 22.6. The number of fused-ring (bicyclic) bond motifs is 1. The van der Waals surface area contributed by atoms with Crippen LogP contribution >= 0.6 is 11.6 Å². The van der Waals surface area contributed by atoms with Crippen LogP contribution in [0.4, 0.5) is 10.5 Å². The fourth-order valence-corrected chi connectivity index (χ4v) is 3.98. The first-order valence-electron chi connectivity index (χ1n) is 11.0. The van der Waals surface area contributed by atoms with E-state index >= 15 is 0 Å². The number of imidazole rings is 1. The molecule has 178 valence electrons. The fourth-order valence-electron chi connectivity index (χ4n) is 3.86. The predicted molar refractivity (Wildman–Crippen MR) is 127 cm³/mol. The topological polar surface area (TPSA) is 126 Å². The highest BCUT2D eigenvalue weighted by atomic mass is 35.5. The van der Waals surface area contributed by atoms with Gasteiger partial charge in [-0.3, -0.25) is 0 Å². The number of urea groups is 1. The van der Waals surface area contributed by atoms with Gasteiger partial charge in [0, 0.05) is 22.7 Å². The number of amides is 2. The molecule has 0 aliphatic carbocycles. The van der Waals surface area contributed by atoms with Crippen LogP contribution in [0, 0.1) is 0 Å². The van der Waals surface area contributed by atoms with Crippen LogP contribution < -0.4 is 5.32 Å². The van der Waals surface area contributed by atoms with Crippen LogP contribution in [-0.4, -0.2) is 43.6 Å². The molecule has 2 aromatic heterocycles. The summed E-state index contributed by atoms with van der Waals surface area (Å²) in [5.74, 6) is 0.289. The van der Waals surface area contributed by atoms with Crippen molar-refractivity contribution in [3.8, 4) is 11.4 Å². The molecule has 11 heteroatoms. The molecule has 5 rings (SSSR count). The number of aromatic amines is 1. The zero-order valence-corrected chi connectivity index (χ0v) is 19.5. The van der Waals surface area contributed by atoms with Crippen LogP contribution in [0.25, 0.3) is 11.4 Å². The minimum atomic E-state index is -0.516. The number of benzene rings is 2. The number of esters is 1. The van der Waals surface area contributed by atoms with Crippen LogP contribution in [0.1, 0.15) is 40.6 Å². The zero-order valence-electron chi connectivity index (χ0n) is 18.7. The van der Waals surface area contributed by atoms with E-state index < -0.39 is 12.0 Å². The summed E-state index contributed by atoms with van der Waals surface area (Å²) in [6, 6.07) is 12.7. The van der Waals surface area contributed by atoms with Crippen LogP contribution in [0.3, 0.4) is 0 Å². The molecule has 1 unspecified atom stereocenters. The average Bonchev–Trinajstić information content (AvgIpc) is 3.54. The molecule has 4 aromatic rings. The molecule has 0 radical (unpaired) electrons. The van der Waals surface area contributed by atoms with E-state index in [0.717, 1.165) is 17.0 Å². The van der Waals surface area contributed by atoms with Gasteiger partial charge in [-0.25, -0.2) is 14.6 Å². The van der Waals surface area contributed by atoms with Gasteiger partial charge in [0.1, 0.15) is 6.04 Å². The summed E-state index contributed by atoms with van der Waals surface area (Å²) >= 11 is 5.97. The van der Waals surface area contributed by atoms with Gasteiger partial charge in [0.25, 0.3) is 0 Å². The van der Waals surface area contributed by atoms with Crippen LogP contribution in [0.15, 0.2) is 59.4 Å². The van der Waals surface area contributed by atoms with Crippen LogP contribution in [0.5, 0.6) is 0 Å². The highest BCUT2D eigenvalue weighted by Gasteiger charge is 2.36. The van der Waals surface area contributed by atoms with Crippen LogP contribution in [-0.2, 0) is 17.7 Å². The predicted octanol–water partition coefficient (Wildman–Crippen LogP) is 4.62. The van der Waals surface area contributed by atoms with Crippen LogP contribution in [0.2, 0.25) is 5.02 Å². The second-order valence-electron chi connectivity index (χ2n) is 7.87. The molecular formula is C24H21ClN6O4. The zero-order chi connectivity index (χ0) is 24.4. The summed E-state index contributed by atoms with van der Waals surface area (Å²) in [4.78, 5) is 38.8. The van der Waals surface area contributed by atoms with Gasteiger partial charge >= 0.3 is 12.0 Å². The summed E-state index contributed by atoms with van der Waals surface area (Å²) in [7, 11) is 0. The lowest BCUT2D eigenvalue weighted by Crippen LogP contribution is -2.41. The van der Waals surface area contributed by atoms with E-state index in [4.69, 9.17) is 20.9 Å². The largest absolute Gasteiger partial charge is 0.462 e. The maximum absolute atomic E-state index is 13.3. The van der Waals surface area contributed by atoms with E-state index in [2.05, 4.69) is 25.4 Å². The minimum Gasteiger partial charge on any atom is -0.462 e. The fraction of sp³-hybridized carbons (Fsp3) is 0.208. The van der Waals surface area contributed by atoms with Crippen molar-refractivity contribution in [3.63, 3.8) is 0 Å². The van der Waals surface area contributed by atoms with Crippen molar-refractivity contribution in [2.45, 2.75) is 25.9 Å². The lowest BCUT2D eigenvalue weighted by atomic mass is 10.0. The number of carbonyl (C=O) groups is 2. The van der Waals surface area contributed by atoms with Gasteiger partial charge in [-0.15, -0.1) is 0 Å². The number of hydrogen-bond acceptors (Lipinski definition) is 7. The van der Waals surface area contributed by atoms with E-state index in [0.29, 0.717) is 41.0 Å². The monoisotopic (exact) mass is 492 g/mol. The van der Waals surface area contributed by atoms with Gasteiger partial charge in [0.2, 0.25) is 11.7 Å². The summed E-state index contributed by atoms with van der Waals surface area (Å²) < 4.78 is 10.6. The maximum atomic E-state index is 13.3. The molecule has 2 N–H and O–H groups in total. The van der Waals surface area contributed by atoms with Crippen molar-refractivity contribution in [2.75, 3.05) is 11.9 Å². The molecule has 10 nitrogen and oxygen atoms in total. The molecule has 0 saturated carbocycles. The molecule has 0 bridgehead atoms. The SMILES string of the molecule is CCOC(=O)c1ccc(NC(=O)N2Cc3[nH]cnc3CC2c2nc(-c3ccc(Cl)cc3)no2)cc1. The van der Waals surface area contributed by atoms with Gasteiger partial charge < -0.3 is 24.5 Å². The number of anilines is 1. The molecule has 3 heterocycles. The van der Waals surface area contributed by atoms with Crippen molar-refractivity contribution in [1.29, 1.82) is 0 Å². The third kappa shape index (κ3) is 4.73. The van der Waals surface area contributed by atoms with Gasteiger partial charge in [-0.05, 0) is 55.5 Å². The van der Waals surface area contributed by atoms with E-state index in [9.17, 15) is 9.59 Å². The molecule has 2 amide bonds. The number of H-pyrrole nitrogens is 1. The summed E-state index contributed by atoms with van der Waals surface area (Å²) in [5, 5.41) is 7.57. The maximum Gasteiger partial charge on any atom is 0.338 e. The van der Waals surface area contributed by atoms with E-state index in [1.165, 1.54) is 0 Å². The van der Waals surface area contributed by atoms with E-state index in [1.807, 2.05) is 0 Å².